The van der Waals surface area contributed by atoms with E-state index in [1.807, 2.05) is 6.92 Å². The predicted octanol–water partition coefficient (Wildman–Crippen LogP) is 0.554. The third-order valence-electron chi connectivity index (χ3n) is 5.34. The number of carbonyl (C=O) groups excluding carboxylic acids is 1. The maximum absolute atomic E-state index is 12.6. The summed E-state index contributed by atoms with van der Waals surface area (Å²) in [6.45, 7) is 4.36. The summed E-state index contributed by atoms with van der Waals surface area (Å²) in [5.74, 6) is 0.157. The second-order valence-corrected chi connectivity index (χ2v) is 6.34. The average molecular weight is 266 g/mol. The van der Waals surface area contributed by atoms with Gasteiger partial charge in [-0.25, -0.2) is 4.79 Å². The predicted molar refractivity (Wildman–Crippen MR) is 69.5 cm³/mol. The number of carboxylic acid groups (broad SMARTS) is 1. The zero-order chi connectivity index (χ0) is 13.6. The maximum atomic E-state index is 12.6. The van der Waals surface area contributed by atoms with Crippen molar-refractivity contribution in [2.45, 2.75) is 32.2 Å². The number of likely N-dealkylation sites (tertiary alicyclic amines) is 1. The first-order valence-electron chi connectivity index (χ1n) is 7.33. The van der Waals surface area contributed by atoms with Gasteiger partial charge in [-0.2, -0.15) is 0 Å². The molecule has 0 aromatic heterocycles. The Kier molecular flexibility index (Phi) is 3.25. The standard InChI is InChI=1S/C14H22N2O3/c1-8(10-5-15-6-10)13(17)16-7-9-3-2-4-11(9)12(16)14(18)19/h8-12,15H,2-7H2,1H3,(H,18,19). The van der Waals surface area contributed by atoms with Crippen LogP contribution in [0.25, 0.3) is 0 Å². The molecular formula is C14H22N2O3. The lowest BCUT2D eigenvalue weighted by atomic mass is 9.87. The van der Waals surface area contributed by atoms with Gasteiger partial charge >= 0.3 is 5.97 Å². The first kappa shape index (κ1) is 12.9. The molecule has 19 heavy (non-hydrogen) atoms. The Balaban J connectivity index is 1.75. The molecule has 5 nitrogen and oxygen atoms in total. The van der Waals surface area contributed by atoms with Gasteiger partial charge in [0.25, 0.3) is 0 Å². The Bertz CT molecular complexity index is 394. The van der Waals surface area contributed by atoms with Crippen molar-refractivity contribution in [2.24, 2.45) is 23.7 Å². The number of nitrogens with one attached hydrogen (secondary N) is 1. The number of carboxylic acids is 1. The molecule has 106 valence electrons. The van der Waals surface area contributed by atoms with Crippen molar-refractivity contribution in [3.8, 4) is 0 Å². The van der Waals surface area contributed by atoms with Crippen LogP contribution in [0.2, 0.25) is 0 Å². The molecule has 0 aromatic carbocycles. The van der Waals surface area contributed by atoms with E-state index in [-0.39, 0.29) is 17.7 Å². The summed E-state index contributed by atoms with van der Waals surface area (Å²) in [5.41, 5.74) is 0. The number of fused-ring (bicyclic) bond motifs is 1. The maximum Gasteiger partial charge on any atom is 0.326 e. The highest BCUT2D eigenvalue weighted by Crippen LogP contribution is 2.43. The number of hydrogen-bond donors (Lipinski definition) is 2. The first-order valence-corrected chi connectivity index (χ1v) is 7.33. The van der Waals surface area contributed by atoms with Crippen LogP contribution in [0.3, 0.4) is 0 Å². The SMILES string of the molecule is CC(C(=O)N1CC2CCCC2C1C(=O)O)C1CNC1. The van der Waals surface area contributed by atoms with Gasteiger partial charge in [0.2, 0.25) is 5.91 Å². The summed E-state index contributed by atoms with van der Waals surface area (Å²) in [5, 5.41) is 12.6. The summed E-state index contributed by atoms with van der Waals surface area (Å²) < 4.78 is 0. The van der Waals surface area contributed by atoms with Crippen molar-refractivity contribution in [3.63, 3.8) is 0 Å². The second kappa shape index (κ2) is 4.78. The van der Waals surface area contributed by atoms with Gasteiger partial charge in [0, 0.05) is 12.5 Å². The number of rotatable bonds is 3. The zero-order valence-electron chi connectivity index (χ0n) is 11.3. The molecule has 4 atom stereocenters. The van der Waals surface area contributed by atoms with E-state index in [4.69, 9.17) is 0 Å². The molecule has 0 aromatic rings. The van der Waals surface area contributed by atoms with Gasteiger partial charge in [0.05, 0.1) is 0 Å². The van der Waals surface area contributed by atoms with E-state index in [9.17, 15) is 14.7 Å². The normalized spacial score (nSPS) is 35.8. The van der Waals surface area contributed by atoms with Gasteiger partial charge in [0.1, 0.15) is 6.04 Å². The smallest absolute Gasteiger partial charge is 0.326 e. The Morgan fingerprint density at radius 3 is 2.63 bits per heavy atom. The van der Waals surface area contributed by atoms with E-state index in [2.05, 4.69) is 5.32 Å². The quantitative estimate of drug-likeness (QED) is 0.783. The lowest BCUT2D eigenvalue weighted by molar-refractivity contribution is -0.152. The fourth-order valence-electron chi connectivity index (χ4n) is 3.98. The molecule has 3 aliphatic rings. The van der Waals surface area contributed by atoms with Crippen molar-refractivity contribution in [3.05, 3.63) is 0 Å². The third kappa shape index (κ3) is 2.04. The zero-order valence-corrected chi connectivity index (χ0v) is 11.3. The minimum absolute atomic E-state index is 0.0494. The van der Waals surface area contributed by atoms with Crippen LogP contribution in [0.5, 0.6) is 0 Å². The van der Waals surface area contributed by atoms with E-state index in [0.29, 0.717) is 18.4 Å². The topological polar surface area (TPSA) is 69.6 Å². The number of amides is 1. The van der Waals surface area contributed by atoms with Crippen molar-refractivity contribution >= 4 is 11.9 Å². The Hall–Kier alpha value is -1.10. The van der Waals surface area contributed by atoms with Crippen LogP contribution in [-0.2, 0) is 9.59 Å². The third-order valence-corrected chi connectivity index (χ3v) is 5.34. The minimum atomic E-state index is -0.818. The van der Waals surface area contributed by atoms with Gasteiger partial charge in [0.15, 0.2) is 0 Å². The van der Waals surface area contributed by atoms with Crippen LogP contribution >= 0.6 is 0 Å². The Morgan fingerprint density at radius 1 is 1.32 bits per heavy atom. The molecule has 4 unspecified atom stereocenters. The van der Waals surface area contributed by atoms with Crippen LogP contribution in [0.4, 0.5) is 0 Å². The first-order chi connectivity index (χ1) is 9.09. The van der Waals surface area contributed by atoms with Crippen LogP contribution in [0, 0.1) is 23.7 Å². The Labute approximate surface area is 113 Å². The number of nitrogens with zero attached hydrogens (tertiary/aromatic N) is 1. The average Bonchev–Trinajstić information content (AvgIpc) is 2.83. The molecular weight excluding hydrogens is 244 g/mol. The van der Waals surface area contributed by atoms with Gasteiger partial charge in [-0.05, 0) is 43.7 Å². The summed E-state index contributed by atoms with van der Waals surface area (Å²) in [4.78, 5) is 25.8. The van der Waals surface area contributed by atoms with Gasteiger partial charge in [-0.15, -0.1) is 0 Å². The highest BCUT2D eigenvalue weighted by atomic mass is 16.4. The Morgan fingerprint density at radius 2 is 2.05 bits per heavy atom. The molecule has 0 bridgehead atoms. The highest BCUT2D eigenvalue weighted by Gasteiger charge is 2.50. The molecule has 2 aliphatic heterocycles. The van der Waals surface area contributed by atoms with Crippen LogP contribution in [0.15, 0.2) is 0 Å². The monoisotopic (exact) mass is 266 g/mol. The van der Waals surface area contributed by atoms with Gasteiger partial charge in [-0.1, -0.05) is 13.3 Å². The molecule has 1 amide bonds. The van der Waals surface area contributed by atoms with Crippen molar-refractivity contribution in [2.75, 3.05) is 19.6 Å². The van der Waals surface area contributed by atoms with Crippen molar-refractivity contribution in [1.29, 1.82) is 0 Å². The lowest BCUT2D eigenvalue weighted by Crippen LogP contribution is -2.52. The van der Waals surface area contributed by atoms with E-state index < -0.39 is 12.0 Å². The number of hydrogen-bond acceptors (Lipinski definition) is 3. The number of carbonyl (C=O) groups is 2. The molecule has 1 aliphatic carbocycles. The summed E-state index contributed by atoms with van der Waals surface area (Å²) >= 11 is 0. The molecule has 0 spiro atoms. The van der Waals surface area contributed by atoms with E-state index >= 15 is 0 Å². The van der Waals surface area contributed by atoms with Crippen molar-refractivity contribution in [1.82, 2.24) is 10.2 Å². The van der Waals surface area contributed by atoms with Crippen LogP contribution in [-0.4, -0.2) is 47.6 Å². The van der Waals surface area contributed by atoms with E-state index in [0.717, 1.165) is 32.4 Å². The van der Waals surface area contributed by atoms with Crippen LogP contribution in [0.1, 0.15) is 26.2 Å². The van der Waals surface area contributed by atoms with Gasteiger partial charge in [-0.3, -0.25) is 4.79 Å². The molecule has 2 N–H and O–H groups in total. The van der Waals surface area contributed by atoms with Crippen molar-refractivity contribution < 1.29 is 14.7 Å². The molecule has 1 saturated carbocycles. The summed E-state index contributed by atoms with van der Waals surface area (Å²) in [6.07, 6.45) is 3.16. The molecule has 0 radical (unpaired) electrons. The molecule has 3 fully saturated rings. The summed E-state index contributed by atoms with van der Waals surface area (Å²) in [7, 11) is 0. The number of aliphatic carboxylic acids is 1. The largest absolute Gasteiger partial charge is 0.480 e. The molecule has 2 saturated heterocycles. The molecule has 3 rings (SSSR count). The van der Waals surface area contributed by atoms with Crippen LogP contribution < -0.4 is 5.32 Å². The fourth-order valence-corrected chi connectivity index (χ4v) is 3.98. The fraction of sp³-hybridized carbons (Fsp3) is 0.857. The highest BCUT2D eigenvalue weighted by molar-refractivity contribution is 5.86. The minimum Gasteiger partial charge on any atom is -0.480 e. The van der Waals surface area contributed by atoms with E-state index in [1.165, 1.54) is 0 Å². The summed E-state index contributed by atoms with van der Waals surface area (Å²) in [6, 6.07) is -0.574. The van der Waals surface area contributed by atoms with Gasteiger partial charge < -0.3 is 15.3 Å². The van der Waals surface area contributed by atoms with E-state index in [1.54, 1.807) is 4.90 Å². The molecule has 2 heterocycles. The second-order valence-electron chi connectivity index (χ2n) is 6.34. The molecule has 5 heteroatoms. The lowest BCUT2D eigenvalue weighted by Gasteiger charge is -2.35.